The van der Waals surface area contributed by atoms with Crippen LogP contribution < -0.4 is 15.4 Å². The third kappa shape index (κ3) is 3.46. The van der Waals surface area contributed by atoms with Crippen molar-refractivity contribution in [3.63, 3.8) is 0 Å². The van der Waals surface area contributed by atoms with Gasteiger partial charge < -0.3 is 20.1 Å². The molecule has 1 heterocycles. The van der Waals surface area contributed by atoms with Gasteiger partial charge in [0, 0.05) is 25.5 Å². The van der Waals surface area contributed by atoms with E-state index in [1.807, 2.05) is 6.92 Å². The standard InChI is InChI=1S/C16H20N2O4/c1-4-16(2,7-8-21-3)15(20)17-11-5-6-12-13(9-11)22-10-14(19)18-12/h4-6,9H,1,7-8,10H2,2-3H3,(H,17,20)(H,18,19)/t16-/m0/s1. The highest BCUT2D eigenvalue weighted by Gasteiger charge is 2.29. The summed E-state index contributed by atoms with van der Waals surface area (Å²) in [5.74, 6) is 0.178. The van der Waals surface area contributed by atoms with Gasteiger partial charge >= 0.3 is 0 Å². The highest BCUT2D eigenvalue weighted by atomic mass is 16.5. The average molecular weight is 304 g/mol. The summed E-state index contributed by atoms with van der Waals surface area (Å²) in [5, 5.41) is 5.55. The van der Waals surface area contributed by atoms with Gasteiger partial charge in [0.05, 0.1) is 11.1 Å². The van der Waals surface area contributed by atoms with Gasteiger partial charge in [-0.1, -0.05) is 6.08 Å². The van der Waals surface area contributed by atoms with Gasteiger partial charge in [-0.25, -0.2) is 0 Å². The molecule has 2 rings (SSSR count). The van der Waals surface area contributed by atoms with Crippen molar-refractivity contribution < 1.29 is 19.1 Å². The third-order valence-corrected chi connectivity index (χ3v) is 3.67. The van der Waals surface area contributed by atoms with Crippen LogP contribution in [0.25, 0.3) is 0 Å². The zero-order chi connectivity index (χ0) is 16.2. The zero-order valence-corrected chi connectivity index (χ0v) is 12.8. The number of carbonyl (C=O) groups is 2. The smallest absolute Gasteiger partial charge is 0.262 e. The maximum absolute atomic E-state index is 12.4. The van der Waals surface area contributed by atoms with Crippen LogP contribution in [0, 0.1) is 5.41 Å². The first kappa shape index (κ1) is 16.0. The van der Waals surface area contributed by atoms with Crippen molar-refractivity contribution in [2.75, 3.05) is 31.0 Å². The van der Waals surface area contributed by atoms with Crippen molar-refractivity contribution >= 4 is 23.2 Å². The van der Waals surface area contributed by atoms with Crippen molar-refractivity contribution in [3.05, 3.63) is 30.9 Å². The Morgan fingerprint density at radius 1 is 1.59 bits per heavy atom. The molecule has 0 aromatic heterocycles. The van der Waals surface area contributed by atoms with E-state index in [-0.39, 0.29) is 18.4 Å². The number of rotatable bonds is 6. The van der Waals surface area contributed by atoms with Gasteiger partial charge in [-0.2, -0.15) is 0 Å². The fraction of sp³-hybridized carbons (Fsp3) is 0.375. The molecule has 0 spiro atoms. The maximum atomic E-state index is 12.4. The van der Waals surface area contributed by atoms with E-state index < -0.39 is 5.41 Å². The summed E-state index contributed by atoms with van der Waals surface area (Å²) in [6, 6.07) is 5.10. The van der Waals surface area contributed by atoms with Gasteiger partial charge in [0.1, 0.15) is 5.75 Å². The minimum atomic E-state index is -0.721. The van der Waals surface area contributed by atoms with Crippen LogP contribution in [-0.4, -0.2) is 32.1 Å². The third-order valence-electron chi connectivity index (χ3n) is 3.67. The largest absolute Gasteiger partial charge is 0.482 e. The van der Waals surface area contributed by atoms with Crippen LogP contribution in [0.2, 0.25) is 0 Å². The second kappa shape index (κ2) is 6.62. The molecule has 2 amide bonds. The molecule has 22 heavy (non-hydrogen) atoms. The van der Waals surface area contributed by atoms with Crippen LogP contribution in [0.5, 0.6) is 5.75 Å². The molecule has 118 valence electrons. The Labute approximate surface area is 129 Å². The second-order valence-electron chi connectivity index (χ2n) is 5.37. The van der Waals surface area contributed by atoms with E-state index in [1.165, 1.54) is 0 Å². The Balaban J connectivity index is 2.11. The number of hydrogen-bond acceptors (Lipinski definition) is 4. The van der Waals surface area contributed by atoms with E-state index in [0.29, 0.717) is 30.2 Å². The van der Waals surface area contributed by atoms with E-state index >= 15 is 0 Å². The number of amides is 2. The molecule has 0 radical (unpaired) electrons. The molecule has 1 aromatic rings. The van der Waals surface area contributed by atoms with Crippen molar-refractivity contribution in [1.82, 2.24) is 0 Å². The SMILES string of the molecule is C=C[C@@](C)(CCOC)C(=O)Nc1ccc2c(c1)OCC(=O)N2. The molecule has 0 aliphatic carbocycles. The monoisotopic (exact) mass is 304 g/mol. The highest BCUT2D eigenvalue weighted by Crippen LogP contribution is 2.32. The van der Waals surface area contributed by atoms with Crippen LogP contribution in [-0.2, 0) is 14.3 Å². The lowest BCUT2D eigenvalue weighted by Gasteiger charge is -2.25. The predicted octanol–water partition coefficient (Wildman–Crippen LogP) is 2.18. The van der Waals surface area contributed by atoms with Gasteiger partial charge in [-0.15, -0.1) is 6.58 Å². The molecule has 0 fully saturated rings. The van der Waals surface area contributed by atoms with Crippen LogP contribution >= 0.6 is 0 Å². The Morgan fingerprint density at radius 2 is 2.36 bits per heavy atom. The van der Waals surface area contributed by atoms with Crippen LogP contribution in [0.4, 0.5) is 11.4 Å². The van der Waals surface area contributed by atoms with Crippen molar-refractivity contribution in [1.29, 1.82) is 0 Å². The predicted molar refractivity (Wildman–Crippen MR) is 84.0 cm³/mol. The number of ether oxygens (including phenoxy) is 2. The molecule has 0 bridgehead atoms. The molecule has 1 aromatic carbocycles. The number of nitrogens with one attached hydrogen (secondary N) is 2. The minimum absolute atomic E-state index is 0.0252. The summed E-state index contributed by atoms with van der Waals surface area (Å²) in [6.45, 7) is 5.99. The lowest BCUT2D eigenvalue weighted by atomic mass is 9.86. The molecule has 6 heteroatoms. The first-order valence-corrected chi connectivity index (χ1v) is 6.99. The Kier molecular flexibility index (Phi) is 4.82. The van der Waals surface area contributed by atoms with Crippen LogP contribution in [0.3, 0.4) is 0 Å². The molecular weight excluding hydrogens is 284 g/mol. The summed E-state index contributed by atoms with van der Waals surface area (Å²) in [6.07, 6.45) is 2.16. The fourth-order valence-electron chi connectivity index (χ4n) is 2.05. The van der Waals surface area contributed by atoms with Gasteiger partial charge in [0.25, 0.3) is 5.91 Å². The number of hydrogen-bond donors (Lipinski definition) is 2. The average Bonchev–Trinajstić information content (AvgIpc) is 2.52. The maximum Gasteiger partial charge on any atom is 0.262 e. The molecule has 1 atom stereocenters. The number of fused-ring (bicyclic) bond motifs is 1. The Hall–Kier alpha value is -2.34. The van der Waals surface area contributed by atoms with Crippen molar-refractivity contribution in [2.24, 2.45) is 5.41 Å². The molecular formula is C16H20N2O4. The van der Waals surface area contributed by atoms with Gasteiger partial charge in [-0.05, 0) is 25.5 Å². The molecule has 0 unspecified atom stereocenters. The highest BCUT2D eigenvalue weighted by molar-refractivity contribution is 5.98. The fourth-order valence-corrected chi connectivity index (χ4v) is 2.05. The van der Waals surface area contributed by atoms with Crippen molar-refractivity contribution in [2.45, 2.75) is 13.3 Å². The minimum Gasteiger partial charge on any atom is -0.482 e. The Bertz CT molecular complexity index is 600. The molecule has 2 N–H and O–H groups in total. The summed E-state index contributed by atoms with van der Waals surface area (Å²) in [4.78, 5) is 23.7. The van der Waals surface area contributed by atoms with Gasteiger partial charge in [0.15, 0.2) is 6.61 Å². The van der Waals surface area contributed by atoms with Crippen LogP contribution in [0.15, 0.2) is 30.9 Å². The molecule has 1 aliphatic rings. The summed E-state index contributed by atoms with van der Waals surface area (Å²) in [7, 11) is 1.59. The Morgan fingerprint density at radius 3 is 3.05 bits per heavy atom. The number of carbonyl (C=O) groups excluding carboxylic acids is 2. The van der Waals surface area contributed by atoms with E-state index in [2.05, 4.69) is 17.2 Å². The summed E-state index contributed by atoms with van der Waals surface area (Å²) < 4.78 is 10.4. The summed E-state index contributed by atoms with van der Waals surface area (Å²) >= 11 is 0. The number of anilines is 2. The second-order valence-corrected chi connectivity index (χ2v) is 5.37. The number of benzene rings is 1. The first-order valence-electron chi connectivity index (χ1n) is 6.99. The van der Waals surface area contributed by atoms with Crippen molar-refractivity contribution in [3.8, 4) is 5.75 Å². The first-order chi connectivity index (χ1) is 10.5. The molecule has 6 nitrogen and oxygen atoms in total. The van der Waals surface area contributed by atoms with E-state index in [9.17, 15) is 9.59 Å². The van der Waals surface area contributed by atoms with E-state index in [0.717, 1.165) is 0 Å². The summed E-state index contributed by atoms with van der Waals surface area (Å²) in [5.41, 5.74) is 0.478. The van der Waals surface area contributed by atoms with E-state index in [1.54, 1.807) is 31.4 Å². The molecule has 0 saturated carbocycles. The zero-order valence-electron chi connectivity index (χ0n) is 12.8. The molecule has 0 saturated heterocycles. The van der Waals surface area contributed by atoms with Gasteiger partial charge in [-0.3, -0.25) is 9.59 Å². The number of methoxy groups -OCH3 is 1. The van der Waals surface area contributed by atoms with Crippen LogP contribution in [0.1, 0.15) is 13.3 Å². The molecule has 1 aliphatic heterocycles. The lowest BCUT2D eigenvalue weighted by Crippen LogP contribution is -2.33. The van der Waals surface area contributed by atoms with Gasteiger partial charge in [0.2, 0.25) is 5.91 Å². The van der Waals surface area contributed by atoms with E-state index in [4.69, 9.17) is 9.47 Å². The topological polar surface area (TPSA) is 76.7 Å². The lowest BCUT2D eigenvalue weighted by molar-refractivity contribution is -0.123. The normalized spacial score (nSPS) is 15.8. The quantitative estimate of drug-likeness (QED) is 0.790.